The first-order valence-electron chi connectivity index (χ1n) is 21.4. The van der Waals surface area contributed by atoms with Gasteiger partial charge in [-0.15, -0.1) is 0 Å². The molecule has 0 N–H and O–H groups in total. The Bertz CT molecular complexity index is 2170. The number of pyridine rings is 1. The maximum absolute atomic E-state index is 14.0. The van der Waals surface area contributed by atoms with Crippen molar-refractivity contribution in [2.45, 2.75) is 85.2 Å². The van der Waals surface area contributed by atoms with Crippen molar-refractivity contribution in [3.8, 4) is 22.6 Å². The Kier molecular flexibility index (Phi) is 15.6. The highest BCUT2D eigenvalue weighted by Crippen LogP contribution is 2.31. The number of ether oxygens (including phenoxy) is 2. The number of fused-ring (bicyclic) bond motifs is 1. The Labute approximate surface area is 343 Å². The SMILES string of the molecule is CC.Cc1cnc2c(c1)c(=O)n(C1CCC(C)CC1)c(=O)n2-c1cccc(-c2ccc(CN3CCCOCC3)cc2)c1.O=Cc1ccc(OCCN2CCCC2)cc1. The summed E-state index contributed by atoms with van der Waals surface area (Å²) in [6.45, 7) is 16.9. The predicted octanol–water partition coefficient (Wildman–Crippen LogP) is 8.50. The number of nitrogens with zero attached hydrogens (tertiary/aromatic N) is 5. The average Bonchev–Trinajstić information content (AvgIpc) is 3.65. The van der Waals surface area contributed by atoms with Gasteiger partial charge < -0.3 is 9.47 Å². The molecule has 5 aromatic rings. The van der Waals surface area contributed by atoms with Crippen LogP contribution in [0.1, 0.15) is 93.2 Å². The van der Waals surface area contributed by atoms with E-state index in [9.17, 15) is 14.4 Å². The molecule has 308 valence electrons. The van der Waals surface area contributed by atoms with Crippen LogP contribution >= 0.6 is 0 Å². The number of aldehydes is 1. The van der Waals surface area contributed by atoms with Crippen LogP contribution in [0.25, 0.3) is 27.8 Å². The van der Waals surface area contributed by atoms with Gasteiger partial charge in [0, 0.05) is 50.6 Å². The number of benzene rings is 3. The number of rotatable bonds is 10. The molecule has 3 aromatic carbocycles. The van der Waals surface area contributed by atoms with Gasteiger partial charge in [-0.3, -0.25) is 24.0 Å². The van der Waals surface area contributed by atoms with E-state index in [-0.39, 0.29) is 17.3 Å². The molecule has 0 spiro atoms. The number of likely N-dealkylation sites (tertiary alicyclic amines) is 1. The summed E-state index contributed by atoms with van der Waals surface area (Å²) in [6.07, 6.45) is 10.0. The molecular formula is C48H61N5O5. The monoisotopic (exact) mass is 787 g/mol. The van der Waals surface area contributed by atoms with Gasteiger partial charge in [-0.2, -0.15) is 0 Å². The molecule has 1 saturated carbocycles. The molecule has 0 atom stereocenters. The van der Waals surface area contributed by atoms with Gasteiger partial charge in [0.05, 0.1) is 17.7 Å². The molecule has 3 aliphatic rings. The van der Waals surface area contributed by atoms with E-state index >= 15 is 0 Å². The Morgan fingerprint density at radius 3 is 2.26 bits per heavy atom. The van der Waals surface area contributed by atoms with Gasteiger partial charge in [-0.25, -0.2) is 14.3 Å². The first-order valence-corrected chi connectivity index (χ1v) is 21.4. The van der Waals surface area contributed by atoms with E-state index in [1.54, 1.807) is 22.9 Å². The topological polar surface area (TPSA) is 98.9 Å². The molecule has 2 aliphatic heterocycles. The van der Waals surface area contributed by atoms with Crippen molar-refractivity contribution in [3.63, 3.8) is 0 Å². The summed E-state index contributed by atoms with van der Waals surface area (Å²) in [4.78, 5) is 47.6. The van der Waals surface area contributed by atoms with Gasteiger partial charge in [0.25, 0.3) is 5.56 Å². The molecule has 1 aliphatic carbocycles. The van der Waals surface area contributed by atoms with Crippen LogP contribution in [0.3, 0.4) is 0 Å². The lowest BCUT2D eigenvalue weighted by Crippen LogP contribution is -2.43. The summed E-state index contributed by atoms with van der Waals surface area (Å²) in [5, 5.41) is 0.492. The lowest BCUT2D eigenvalue weighted by molar-refractivity contribution is 0.112. The highest BCUT2D eigenvalue weighted by molar-refractivity contribution is 5.77. The molecule has 3 fully saturated rings. The van der Waals surface area contributed by atoms with Crippen LogP contribution < -0.4 is 16.0 Å². The molecular weight excluding hydrogens is 727 g/mol. The lowest BCUT2D eigenvalue weighted by Gasteiger charge is -2.28. The van der Waals surface area contributed by atoms with E-state index < -0.39 is 0 Å². The summed E-state index contributed by atoms with van der Waals surface area (Å²) >= 11 is 0. The fourth-order valence-electron chi connectivity index (χ4n) is 8.15. The number of aryl methyl sites for hydroxylation is 1. The van der Waals surface area contributed by atoms with Gasteiger partial charge in [-0.1, -0.05) is 57.2 Å². The van der Waals surface area contributed by atoms with E-state index in [2.05, 4.69) is 52.0 Å². The minimum absolute atomic E-state index is 0.0844. The molecule has 2 saturated heterocycles. The molecule has 0 radical (unpaired) electrons. The minimum atomic E-state index is -0.303. The van der Waals surface area contributed by atoms with Gasteiger partial charge in [0.1, 0.15) is 18.6 Å². The lowest BCUT2D eigenvalue weighted by atomic mass is 9.87. The molecule has 4 heterocycles. The van der Waals surface area contributed by atoms with Gasteiger partial charge in [-0.05, 0) is 136 Å². The largest absolute Gasteiger partial charge is 0.492 e. The highest BCUT2D eigenvalue weighted by atomic mass is 16.5. The van der Waals surface area contributed by atoms with Crippen molar-refractivity contribution in [1.82, 2.24) is 23.9 Å². The first-order chi connectivity index (χ1) is 28.4. The third-order valence-corrected chi connectivity index (χ3v) is 11.4. The first kappa shape index (κ1) is 42.7. The number of aromatic nitrogens is 3. The number of hydrogen-bond acceptors (Lipinski definition) is 8. The van der Waals surface area contributed by atoms with Gasteiger partial charge in [0.2, 0.25) is 0 Å². The Morgan fingerprint density at radius 1 is 0.810 bits per heavy atom. The highest BCUT2D eigenvalue weighted by Gasteiger charge is 2.26. The van der Waals surface area contributed by atoms with E-state index in [4.69, 9.17) is 9.47 Å². The van der Waals surface area contributed by atoms with E-state index in [1.807, 2.05) is 57.2 Å². The maximum Gasteiger partial charge on any atom is 0.337 e. The Hall–Kier alpha value is -4.90. The molecule has 0 unspecified atom stereocenters. The number of carbonyl (C=O) groups is 1. The second kappa shape index (κ2) is 21.2. The van der Waals surface area contributed by atoms with Gasteiger partial charge in [0.15, 0.2) is 5.65 Å². The van der Waals surface area contributed by atoms with Gasteiger partial charge >= 0.3 is 5.69 Å². The zero-order valence-electron chi connectivity index (χ0n) is 34.9. The third kappa shape index (κ3) is 11.0. The fourth-order valence-corrected chi connectivity index (χ4v) is 8.15. The quantitative estimate of drug-likeness (QED) is 0.130. The summed E-state index contributed by atoms with van der Waals surface area (Å²) in [5.74, 6) is 1.46. The number of carbonyl (C=O) groups excluding carboxylic acids is 1. The molecule has 10 heteroatoms. The van der Waals surface area contributed by atoms with Crippen LogP contribution in [-0.2, 0) is 11.3 Å². The van der Waals surface area contributed by atoms with Crippen LogP contribution in [0.4, 0.5) is 0 Å². The van der Waals surface area contributed by atoms with Crippen LogP contribution in [0.5, 0.6) is 5.75 Å². The van der Waals surface area contributed by atoms with E-state index in [1.165, 1.54) is 36.1 Å². The molecule has 0 bridgehead atoms. The average molecular weight is 788 g/mol. The second-order valence-electron chi connectivity index (χ2n) is 15.7. The minimum Gasteiger partial charge on any atom is -0.492 e. The predicted molar refractivity (Wildman–Crippen MR) is 234 cm³/mol. The summed E-state index contributed by atoms with van der Waals surface area (Å²) in [7, 11) is 0. The maximum atomic E-state index is 14.0. The van der Waals surface area contributed by atoms with Crippen LogP contribution in [0, 0.1) is 12.8 Å². The van der Waals surface area contributed by atoms with E-state index in [0.717, 1.165) is 113 Å². The van der Waals surface area contributed by atoms with Crippen molar-refractivity contribution < 1.29 is 14.3 Å². The molecule has 8 rings (SSSR count). The number of hydrogen-bond donors (Lipinski definition) is 0. The van der Waals surface area contributed by atoms with Crippen molar-refractivity contribution in [1.29, 1.82) is 0 Å². The third-order valence-electron chi connectivity index (χ3n) is 11.4. The molecule has 0 amide bonds. The zero-order chi connectivity index (χ0) is 40.9. The zero-order valence-corrected chi connectivity index (χ0v) is 34.9. The van der Waals surface area contributed by atoms with E-state index in [0.29, 0.717) is 22.5 Å². The Balaban J connectivity index is 0.000000263. The van der Waals surface area contributed by atoms with Crippen LogP contribution in [0.15, 0.2) is 94.6 Å². The molecule has 58 heavy (non-hydrogen) atoms. The summed E-state index contributed by atoms with van der Waals surface area (Å²) in [6, 6.07) is 25.7. The standard InChI is InChI=1S/C33H38N4O3.C13H17NO2.C2H6/c1-23-7-13-28(14-8-23)37-32(38)30-19-24(2)21-34-31(30)36(33(37)39)29-6-3-5-27(20-29)26-11-9-25(10-12-26)22-35-15-4-17-40-18-16-35;15-11-12-3-5-13(6-4-12)16-10-9-14-7-1-2-8-14;1-2/h3,5-6,9-12,19-21,23,28H,4,7-8,13-18,22H2,1-2H3;3-6,11H,1-2,7-10H2;1-2H3. The molecule has 2 aromatic heterocycles. The smallest absolute Gasteiger partial charge is 0.337 e. The van der Waals surface area contributed by atoms with Crippen LogP contribution in [-0.4, -0.2) is 82.7 Å². The fraction of sp³-hybridized carbons (Fsp3) is 0.458. The molecule has 10 nitrogen and oxygen atoms in total. The van der Waals surface area contributed by atoms with Crippen molar-refractivity contribution in [2.75, 3.05) is 52.5 Å². The summed E-state index contributed by atoms with van der Waals surface area (Å²) in [5.41, 5.74) is 5.57. The Morgan fingerprint density at radius 2 is 1.53 bits per heavy atom. The van der Waals surface area contributed by atoms with Crippen molar-refractivity contribution in [2.24, 2.45) is 5.92 Å². The summed E-state index contributed by atoms with van der Waals surface area (Å²) < 4.78 is 14.3. The van der Waals surface area contributed by atoms with Crippen molar-refractivity contribution in [3.05, 3.63) is 123 Å². The second-order valence-corrected chi connectivity index (χ2v) is 15.7. The van der Waals surface area contributed by atoms with Crippen LogP contribution in [0.2, 0.25) is 0 Å². The normalized spacial score (nSPS) is 18.7. The van der Waals surface area contributed by atoms with Crippen molar-refractivity contribution >= 4 is 17.3 Å².